The number of thioether (sulfide) groups is 1. The molecule has 0 aromatic rings. The van der Waals surface area contributed by atoms with Gasteiger partial charge in [0, 0.05) is 11.3 Å². The second kappa shape index (κ2) is 4.91. The van der Waals surface area contributed by atoms with Crippen molar-refractivity contribution in [2.45, 2.75) is 31.4 Å². The maximum absolute atomic E-state index is 5.74. The summed E-state index contributed by atoms with van der Waals surface area (Å²) < 4.78 is 0.421. The molecule has 0 amide bonds. The van der Waals surface area contributed by atoms with Crippen LogP contribution in [-0.4, -0.2) is 30.1 Å². The Hall–Kier alpha value is -0.380. The predicted octanol–water partition coefficient (Wildman–Crippen LogP) is 1.44. The third-order valence-corrected chi connectivity index (χ3v) is 3.87. The highest BCUT2D eigenvalue weighted by molar-refractivity contribution is 8.00. The van der Waals surface area contributed by atoms with Crippen molar-refractivity contribution in [1.82, 2.24) is 5.32 Å². The molecular weight excluding hydrogens is 194 g/mol. The van der Waals surface area contributed by atoms with E-state index in [1.54, 1.807) is 0 Å². The van der Waals surface area contributed by atoms with Crippen LogP contribution in [0.15, 0.2) is 4.99 Å². The lowest BCUT2D eigenvalue weighted by molar-refractivity contribution is 0.621. The van der Waals surface area contributed by atoms with Crippen LogP contribution < -0.4 is 11.1 Å². The molecule has 0 saturated heterocycles. The lowest BCUT2D eigenvalue weighted by Gasteiger charge is -2.11. The van der Waals surface area contributed by atoms with Crippen molar-refractivity contribution in [2.24, 2.45) is 16.6 Å². The molecule has 1 aliphatic rings. The van der Waals surface area contributed by atoms with Gasteiger partial charge in [-0.05, 0) is 25.0 Å². The van der Waals surface area contributed by atoms with Gasteiger partial charge >= 0.3 is 0 Å². The van der Waals surface area contributed by atoms with Crippen molar-refractivity contribution in [3.05, 3.63) is 0 Å². The first-order chi connectivity index (χ1) is 6.58. The van der Waals surface area contributed by atoms with Crippen LogP contribution in [0.3, 0.4) is 0 Å². The average Bonchev–Trinajstić information content (AvgIpc) is 2.92. The molecule has 3 nitrogen and oxygen atoms in total. The number of nitrogens with zero attached hydrogens (tertiary/aromatic N) is 1. The van der Waals surface area contributed by atoms with E-state index >= 15 is 0 Å². The smallest absolute Gasteiger partial charge is 0.188 e. The maximum atomic E-state index is 5.74. The first-order valence-corrected chi connectivity index (χ1v) is 6.39. The molecule has 0 aromatic heterocycles. The minimum atomic E-state index is 0.421. The van der Waals surface area contributed by atoms with Gasteiger partial charge in [0.15, 0.2) is 5.96 Å². The van der Waals surface area contributed by atoms with Gasteiger partial charge in [0.2, 0.25) is 0 Å². The Kier molecular flexibility index (Phi) is 4.11. The third-order valence-electron chi connectivity index (χ3n) is 2.47. The fraction of sp³-hybridized carbons (Fsp3) is 0.900. The largest absolute Gasteiger partial charge is 0.370 e. The molecule has 0 aliphatic heterocycles. The summed E-state index contributed by atoms with van der Waals surface area (Å²) >= 11 is 1.91. The minimum absolute atomic E-state index is 0.421. The summed E-state index contributed by atoms with van der Waals surface area (Å²) in [7, 11) is 0. The van der Waals surface area contributed by atoms with Gasteiger partial charge in [-0.2, -0.15) is 11.8 Å². The number of nitrogens with one attached hydrogen (secondary N) is 1. The quantitative estimate of drug-likeness (QED) is 0.539. The van der Waals surface area contributed by atoms with Gasteiger partial charge < -0.3 is 11.1 Å². The Labute approximate surface area is 90.9 Å². The monoisotopic (exact) mass is 215 g/mol. The van der Waals surface area contributed by atoms with E-state index in [0.29, 0.717) is 16.6 Å². The summed E-state index contributed by atoms with van der Waals surface area (Å²) in [6.07, 6.45) is 4.73. The zero-order chi connectivity index (χ0) is 10.6. The molecule has 0 aromatic carbocycles. The van der Waals surface area contributed by atoms with E-state index in [2.05, 4.69) is 30.4 Å². The van der Waals surface area contributed by atoms with Gasteiger partial charge in [-0.3, -0.25) is 4.99 Å². The highest BCUT2D eigenvalue weighted by Gasteiger charge is 2.41. The van der Waals surface area contributed by atoms with E-state index < -0.39 is 0 Å². The topological polar surface area (TPSA) is 50.4 Å². The van der Waals surface area contributed by atoms with Crippen LogP contribution in [0.2, 0.25) is 0 Å². The fourth-order valence-electron chi connectivity index (χ4n) is 1.16. The Morgan fingerprint density at radius 3 is 2.64 bits per heavy atom. The third kappa shape index (κ3) is 3.78. The summed E-state index contributed by atoms with van der Waals surface area (Å²) in [5.74, 6) is 1.21. The number of aliphatic imine (C=N–C) groups is 1. The van der Waals surface area contributed by atoms with Crippen molar-refractivity contribution >= 4 is 17.7 Å². The van der Waals surface area contributed by atoms with Gasteiger partial charge in [-0.1, -0.05) is 13.8 Å². The summed E-state index contributed by atoms with van der Waals surface area (Å²) in [5, 5.41) is 3.13. The summed E-state index contributed by atoms with van der Waals surface area (Å²) in [6.45, 7) is 6.09. The number of hydrogen-bond acceptors (Lipinski definition) is 2. The van der Waals surface area contributed by atoms with Crippen molar-refractivity contribution < 1.29 is 0 Å². The first kappa shape index (κ1) is 11.7. The summed E-state index contributed by atoms with van der Waals surface area (Å²) in [5.41, 5.74) is 5.74. The van der Waals surface area contributed by atoms with Crippen LogP contribution in [0.4, 0.5) is 0 Å². The SMILES string of the molecule is CSC1(CN=C(N)NCC(C)C)CC1. The summed E-state index contributed by atoms with van der Waals surface area (Å²) in [6, 6.07) is 0. The highest BCUT2D eigenvalue weighted by Crippen LogP contribution is 2.47. The fourth-order valence-corrected chi connectivity index (χ4v) is 1.86. The second-order valence-corrected chi connectivity index (χ2v) is 5.64. The average molecular weight is 215 g/mol. The minimum Gasteiger partial charge on any atom is -0.370 e. The molecule has 1 aliphatic carbocycles. The van der Waals surface area contributed by atoms with Crippen molar-refractivity contribution in [3.8, 4) is 0 Å². The van der Waals surface area contributed by atoms with Crippen LogP contribution in [0.1, 0.15) is 26.7 Å². The molecule has 0 bridgehead atoms. The van der Waals surface area contributed by atoms with Crippen LogP contribution in [-0.2, 0) is 0 Å². The van der Waals surface area contributed by atoms with Crippen molar-refractivity contribution in [3.63, 3.8) is 0 Å². The predicted molar refractivity (Wildman–Crippen MR) is 64.8 cm³/mol. The lowest BCUT2D eigenvalue weighted by Crippen LogP contribution is -2.35. The maximum Gasteiger partial charge on any atom is 0.188 e. The second-order valence-electron chi connectivity index (χ2n) is 4.36. The number of guanidine groups is 1. The Morgan fingerprint density at radius 2 is 2.21 bits per heavy atom. The Balaban J connectivity index is 2.23. The molecule has 0 atom stereocenters. The Bertz CT molecular complexity index is 209. The molecule has 0 unspecified atom stereocenters. The number of nitrogens with two attached hydrogens (primary N) is 1. The number of hydrogen-bond donors (Lipinski definition) is 2. The Morgan fingerprint density at radius 1 is 1.57 bits per heavy atom. The molecule has 3 N–H and O–H groups in total. The molecule has 82 valence electrons. The first-order valence-electron chi connectivity index (χ1n) is 5.17. The molecule has 1 rings (SSSR count). The normalized spacial score (nSPS) is 19.9. The summed E-state index contributed by atoms with van der Waals surface area (Å²) in [4.78, 5) is 4.36. The van der Waals surface area contributed by atoms with E-state index in [1.165, 1.54) is 12.8 Å². The van der Waals surface area contributed by atoms with E-state index in [9.17, 15) is 0 Å². The van der Waals surface area contributed by atoms with E-state index in [-0.39, 0.29) is 0 Å². The van der Waals surface area contributed by atoms with E-state index in [1.807, 2.05) is 11.8 Å². The van der Waals surface area contributed by atoms with Gasteiger partial charge in [0.05, 0.1) is 6.54 Å². The lowest BCUT2D eigenvalue weighted by atomic mass is 10.2. The zero-order valence-electron chi connectivity index (χ0n) is 9.34. The van der Waals surface area contributed by atoms with E-state index in [4.69, 9.17) is 5.73 Å². The molecular formula is C10H21N3S. The van der Waals surface area contributed by atoms with Gasteiger partial charge in [0.1, 0.15) is 0 Å². The molecule has 0 heterocycles. The molecule has 1 saturated carbocycles. The van der Waals surface area contributed by atoms with Gasteiger partial charge in [-0.25, -0.2) is 0 Å². The van der Waals surface area contributed by atoms with Gasteiger partial charge in [0.25, 0.3) is 0 Å². The molecule has 0 radical (unpaired) electrons. The van der Waals surface area contributed by atoms with Gasteiger partial charge in [-0.15, -0.1) is 0 Å². The van der Waals surface area contributed by atoms with Crippen molar-refractivity contribution in [1.29, 1.82) is 0 Å². The standard InChI is InChI=1S/C10H21N3S/c1-8(2)6-12-9(11)13-7-10(14-3)4-5-10/h8H,4-7H2,1-3H3,(H3,11,12,13). The molecule has 1 fully saturated rings. The van der Waals surface area contributed by atoms with Crippen LogP contribution in [0.5, 0.6) is 0 Å². The van der Waals surface area contributed by atoms with Crippen LogP contribution >= 0.6 is 11.8 Å². The highest BCUT2D eigenvalue weighted by atomic mass is 32.2. The number of rotatable bonds is 5. The molecule has 4 heteroatoms. The van der Waals surface area contributed by atoms with Crippen LogP contribution in [0.25, 0.3) is 0 Å². The van der Waals surface area contributed by atoms with Crippen LogP contribution in [0, 0.1) is 5.92 Å². The molecule has 0 spiro atoms. The zero-order valence-corrected chi connectivity index (χ0v) is 10.2. The molecule has 14 heavy (non-hydrogen) atoms. The van der Waals surface area contributed by atoms with Crippen molar-refractivity contribution in [2.75, 3.05) is 19.3 Å². The van der Waals surface area contributed by atoms with E-state index in [0.717, 1.165) is 13.1 Å².